The maximum atomic E-state index is 5.81. The molecule has 0 heterocycles. The predicted octanol–water partition coefficient (Wildman–Crippen LogP) is 6.37. The van der Waals surface area contributed by atoms with Crippen molar-refractivity contribution >= 4 is 11.8 Å². The Morgan fingerprint density at radius 2 is 1.57 bits per heavy atom. The van der Waals surface area contributed by atoms with Crippen molar-refractivity contribution in [2.45, 2.75) is 50.3 Å². The largest absolute Gasteiger partial charge is 0.494 e. The topological polar surface area (TPSA) is 9.23 Å². The minimum atomic E-state index is 0.840. The van der Waals surface area contributed by atoms with E-state index in [4.69, 9.17) is 4.74 Å². The Bertz CT molecular complexity index is 521. The van der Waals surface area contributed by atoms with Crippen LogP contribution in [-0.2, 0) is 6.42 Å². The number of hydrogen-bond donors (Lipinski definition) is 0. The van der Waals surface area contributed by atoms with Gasteiger partial charge in [0.2, 0.25) is 0 Å². The van der Waals surface area contributed by atoms with Gasteiger partial charge in [0, 0.05) is 10.6 Å². The maximum absolute atomic E-state index is 5.81. The molecule has 1 nitrogen and oxygen atoms in total. The Labute approximate surface area is 145 Å². The van der Waals surface area contributed by atoms with Gasteiger partial charge in [0.15, 0.2) is 0 Å². The summed E-state index contributed by atoms with van der Waals surface area (Å²) in [6.07, 6.45) is 7.51. The first-order valence-corrected chi connectivity index (χ1v) is 9.76. The van der Waals surface area contributed by atoms with Gasteiger partial charge in [0.05, 0.1) is 6.61 Å². The summed E-state index contributed by atoms with van der Waals surface area (Å²) in [4.78, 5) is 1.34. The summed E-state index contributed by atoms with van der Waals surface area (Å²) in [5, 5.41) is 0. The highest BCUT2D eigenvalue weighted by molar-refractivity contribution is 7.99. The van der Waals surface area contributed by atoms with Crippen molar-refractivity contribution in [3.63, 3.8) is 0 Å². The molecule has 124 valence electrons. The van der Waals surface area contributed by atoms with Gasteiger partial charge in [0.25, 0.3) is 0 Å². The van der Waals surface area contributed by atoms with E-state index in [2.05, 4.69) is 61.5 Å². The quantitative estimate of drug-likeness (QED) is 0.350. The van der Waals surface area contributed by atoms with E-state index in [-0.39, 0.29) is 0 Å². The molecule has 2 heteroatoms. The highest BCUT2D eigenvalue weighted by Gasteiger charge is 1.98. The second-order valence-corrected chi connectivity index (χ2v) is 6.99. The molecule has 0 saturated carbocycles. The third-order valence-electron chi connectivity index (χ3n) is 3.84. The van der Waals surface area contributed by atoms with E-state index in [9.17, 15) is 0 Å². The molecule has 0 unspecified atom stereocenters. The van der Waals surface area contributed by atoms with E-state index in [1.807, 2.05) is 11.8 Å². The zero-order chi connectivity index (χ0) is 16.2. The molecular weight excluding hydrogens is 300 g/mol. The van der Waals surface area contributed by atoms with Crippen LogP contribution in [0, 0.1) is 0 Å². The van der Waals surface area contributed by atoms with Crippen molar-refractivity contribution in [3.05, 3.63) is 60.2 Å². The lowest BCUT2D eigenvalue weighted by Gasteiger charge is -2.07. The molecule has 0 amide bonds. The number of unbranched alkanes of at least 4 members (excludes halogenated alkanes) is 4. The van der Waals surface area contributed by atoms with Gasteiger partial charge in [-0.2, -0.15) is 0 Å². The molecule has 0 bridgehead atoms. The first-order valence-electron chi connectivity index (χ1n) is 8.78. The lowest BCUT2D eigenvalue weighted by atomic mass is 10.1. The smallest absolute Gasteiger partial charge is 0.119 e. The highest BCUT2D eigenvalue weighted by atomic mass is 32.2. The standard InChI is InChI=1S/C21H28OS/c1-2-3-4-5-9-17-22-20-14-12-19(13-15-20)16-18-23-21-10-7-6-8-11-21/h6-8,10-15H,2-5,9,16-18H2,1H3. The lowest BCUT2D eigenvalue weighted by molar-refractivity contribution is 0.304. The Hall–Kier alpha value is -1.41. The van der Waals surface area contributed by atoms with Crippen LogP contribution in [0.15, 0.2) is 59.5 Å². The van der Waals surface area contributed by atoms with Gasteiger partial charge >= 0.3 is 0 Å². The lowest BCUT2D eigenvalue weighted by Crippen LogP contribution is -1.97. The van der Waals surface area contributed by atoms with Gasteiger partial charge in [-0.25, -0.2) is 0 Å². The molecule has 2 rings (SSSR count). The zero-order valence-corrected chi connectivity index (χ0v) is 15.0. The Kier molecular flexibility index (Phi) is 8.72. The summed E-state index contributed by atoms with van der Waals surface area (Å²) in [6, 6.07) is 19.2. The SMILES string of the molecule is CCCCCCCOc1ccc(CCSc2ccccc2)cc1. The molecule has 23 heavy (non-hydrogen) atoms. The minimum Gasteiger partial charge on any atom is -0.494 e. The van der Waals surface area contributed by atoms with Crippen LogP contribution in [0.3, 0.4) is 0 Å². The number of ether oxygens (including phenoxy) is 1. The van der Waals surface area contributed by atoms with Crippen molar-refractivity contribution in [1.82, 2.24) is 0 Å². The molecule has 0 aliphatic carbocycles. The number of benzene rings is 2. The maximum Gasteiger partial charge on any atom is 0.119 e. The summed E-state index contributed by atoms with van der Waals surface area (Å²) in [5.41, 5.74) is 1.38. The molecule has 0 spiro atoms. The highest BCUT2D eigenvalue weighted by Crippen LogP contribution is 2.19. The van der Waals surface area contributed by atoms with Gasteiger partial charge in [-0.3, -0.25) is 0 Å². The Morgan fingerprint density at radius 1 is 0.826 bits per heavy atom. The van der Waals surface area contributed by atoms with Gasteiger partial charge in [-0.05, 0) is 42.7 Å². The monoisotopic (exact) mass is 328 g/mol. The van der Waals surface area contributed by atoms with Crippen LogP contribution in [0.2, 0.25) is 0 Å². The molecule has 2 aromatic carbocycles. The van der Waals surface area contributed by atoms with Crippen LogP contribution in [-0.4, -0.2) is 12.4 Å². The van der Waals surface area contributed by atoms with Crippen molar-refractivity contribution in [1.29, 1.82) is 0 Å². The first-order chi connectivity index (χ1) is 11.4. The summed E-state index contributed by atoms with van der Waals surface area (Å²) in [7, 11) is 0. The minimum absolute atomic E-state index is 0.840. The van der Waals surface area contributed by atoms with Gasteiger partial charge < -0.3 is 4.74 Å². The summed E-state index contributed by atoms with van der Waals surface area (Å²) in [5.74, 6) is 2.11. The summed E-state index contributed by atoms with van der Waals surface area (Å²) < 4.78 is 5.81. The summed E-state index contributed by atoms with van der Waals surface area (Å²) >= 11 is 1.91. The van der Waals surface area contributed by atoms with Crippen molar-refractivity contribution in [3.8, 4) is 5.75 Å². The van der Waals surface area contributed by atoms with Crippen molar-refractivity contribution in [2.75, 3.05) is 12.4 Å². The number of thioether (sulfide) groups is 1. The van der Waals surface area contributed by atoms with E-state index < -0.39 is 0 Å². The second kappa shape index (κ2) is 11.2. The fourth-order valence-electron chi connectivity index (χ4n) is 2.45. The van der Waals surface area contributed by atoms with Crippen LogP contribution in [0.4, 0.5) is 0 Å². The molecule has 0 radical (unpaired) electrons. The zero-order valence-electron chi connectivity index (χ0n) is 14.2. The van der Waals surface area contributed by atoms with Crippen molar-refractivity contribution in [2.24, 2.45) is 0 Å². The molecule has 0 atom stereocenters. The summed E-state index contributed by atoms with van der Waals surface area (Å²) in [6.45, 7) is 3.09. The van der Waals surface area contributed by atoms with E-state index in [0.717, 1.165) is 31.0 Å². The molecule has 0 aliphatic rings. The molecule has 0 fully saturated rings. The fraction of sp³-hybridized carbons (Fsp3) is 0.429. The van der Waals surface area contributed by atoms with E-state index in [1.165, 1.54) is 36.1 Å². The van der Waals surface area contributed by atoms with Crippen LogP contribution < -0.4 is 4.74 Å². The van der Waals surface area contributed by atoms with Crippen LogP contribution in [0.5, 0.6) is 5.75 Å². The Balaban J connectivity index is 1.62. The molecule has 2 aromatic rings. The third kappa shape index (κ3) is 7.60. The van der Waals surface area contributed by atoms with E-state index in [1.54, 1.807) is 0 Å². The third-order valence-corrected chi connectivity index (χ3v) is 4.86. The predicted molar refractivity (Wildman–Crippen MR) is 102 cm³/mol. The number of hydrogen-bond acceptors (Lipinski definition) is 2. The van der Waals surface area contributed by atoms with Crippen molar-refractivity contribution < 1.29 is 4.74 Å². The fourth-order valence-corrected chi connectivity index (χ4v) is 3.37. The van der Waals surface area contributed by atoms with Gasteiger partial charge in [-0.15, -0.1) is 11.8 Å². The molecule has 0 aliphatic heterocycles. The average Bonchev–Trinajstić information content (AvgIpc) is 2.60. The first kappa shape index (κ1) is 17.9. The Morgan fingerprint density at radius 3 is 2.30 bits per heavy atom. The average molecular weight is 329 g/mol. The molecule has 0 aromatic heterocycles. The van der Waals surface area contributed by atoms with E-state index >= 15 is 0 Å². The molecule has 0 saturated heterocycles. The number of aryl methyl sites for hydroxylation is 1. The van der Waals surface area contributed by atoms with Gasteiger partial charge in [-0.1, -0.05) is 62.9 Å². The van der Waals surface area contributed by atoms with Crippen LogP contribution in [0.1, 0.15) is 44.6 Å². The van der Waals surface area contributed by atoms with E-state index in [0.29, 0.717) is 0 Å². The van der Waals surface area contributed by atoms with Crippen LogP contribution >= 0.6 is 11.8 Å². The second-order valence-electron chi connectivity index (χ2n) is 5.82. The number of rotatable bonds is 11. The molecule has 0 N–H and O–H groups in total. The molecular formula is C21H28OS. The van der Waals surface area contributed by atoms with Gasteiger partial charge in [0.1, 0.15) is 5.75 Å². The van der Waals surface area contributed by atoms with Crippen LogP contribution in [0.25, 0.3) is 0 Å². The normalized spacial score (nSPS) is 10.7.